The lowest BCUT2D eigenvalue weighted by Gasteiger charge is -2.21. The zero-order valence-corrected chi connectivity index (χ0v) is 10.3. The highest BCUT2D eigenvalue weighted by Gasteiger charge is 2.33. The van der Waals surface area contributed by atoms with Crippen molar-refractivity contribution in [3.05, 3.63) is 29.6 Å². The van der Waals surface area contributed by atoms with Crippen LogP contribution in [0.15, 0.2) is 18.3 Å². The molecule has 1 atom stereocenters. The molecule has 0 aromatic carbocycles. The summed E-state index contributed by atoms with van der Waals surface area (Å²) >= 11 is 0. The molecule has 96 valence electrons. The predicted octanol–water partition coefficient (Wildman–Crippen LogP) is 1.01. The number of likely N-dealkylation sites (tertiary alicyclic amines) is 1. The zero-order valence-electron chi connectivity index (χ0n) is 10.3. The third-order valence-electron chi connectivity index (χ3n) is 3.19. The van der Waals surface area contributed by atoms with Crippen molar-refractivity contribution in [1.82, 2.24) is 9.88 Å². The standard InChI is InChI=1S/C13H16N2O3/c1-9-4-5-10(8-14-9)7-12(16)15-6-2-3-11(15)13(17)18/h4-5,8,11H,2-3,6-7H2,1H3,(H,17,18)/t11-/m0/s1. The summed E-state index contributed by atoms with van der Waals surface area (Å²) < 4.78 is 0. The lowest BCUT2D eigenvalue weighted by atomic mass is 10.1. The summed E-state index contributed by atoms with van der Waals surface area (Å²) in [6.07, 6.45) is 3.19. The van der Waals surface area contributed by atoms with Crippen molar-refractivity contribution >= 4 is 11.9 Å². The van der Waals surface area contributed by atoms with Crippen LogP contribution in [0.25, 0.3) is 0 Å². The second-order valence-electron chi connectivity index (χ2n) is 4.57. The highest BCUT2D eigenvalue weighted by molar-refractivity contribution is 5.85. The summed E-state index contributed by atoms with van der Waals surface area (Å²) in [5.74, 6) is -1.05. The van der Waals surface area contributed by atoms with Gasteiger partial charge in [-0.1, -0.05) is 6.07 Å². The van der Waals surface area contributed by atoms with Gasteiger partial charge in [-0.25, -0.2) is 4.79 Å². The first-order chi connectivity index (χ1) is 8.58. The van der Waals surface area contributed by atoms with Crippen molar-refractivity contribution in [2.75, 3.05) is 6.54 Å². The number of aromatic nitrogens is 1. The van der Waals surface area contributed by atoms with Crippen LogP contribution in [0.2, 0.25) is 0 Å². The minimum Gasteiger partial charge on any atom is -0.480 e. The lowest BCUT2D eigenvalue weighted by molar-refractivity contribution is -0.148. The molecule has 0 aliphatic carbocycles. The molecule has 1 amide bonds. The fourth-order valence-corrected chi connectivity index (χ4v) is 2.20. The third-order valence-corrected chi connectivity index (χ3v) is 3.19. The minimum absolute atomic E-state index is 0.134. The van der Waals surface area contributed by atoms with Gasteiger partial charge in [-0.05, 0) is 31.4 Å². The Kier molecular flexibility index (Phi) is 3.60. The predicted molar refractivity (Wildman–Crippen MR) is 65.0 cm³/mol. The van der Waals surface area contributed by atoms with E-state index in [9.17, 15) is 9.59 Å². The molecule has 1 fully saturated rings. The van der Waals surface area contributed by atoms with Crippen molar-refractivity contribution < 1.29 is 14.7 Å². The van der Waals surface area contributed by atoms with Gasteiger partial charge >= 0.3 is 5.97 Å². The third kappa shape index (κ3) is 2.67. The highest BCUT2D eigenvalue weighted by atomic mass is 16.4. The summed E-state index contributed by atoms with van der Waals surface area (Å²) in [6, 6.07) is 3.05. The molecule has 0 saturated carbocycles. The largest absolute Gasteiger partial charge is 0.480 e. The number of hydrogen-bond acceptors (Lipinski definition) is 3. The SMILES string of the molecule is Cc1ccc(CC(=O)N2CCC[C@H]2C(=O)O)cn1. The highest BCUT2D eigenvalue weighted by Crippen LogP contribution is 2.18. The van der Waals surface area contributed by atoms with E-state index < -0.39 is 12.0 Å². The number of rotatable bonds is 3. The average Bonchev–Trinajstić information content (AvgIpc) is 2.81. The van der Waals surface area contributed by atoms with E-state index in [0.29, 0.717) is 13.0 Å². The van der Waals surface area contributed by atoms with E-state index in [2.05, 4.69) is 4.98 Å². The maximum atomic E-state index is 12.0. The molecule has 1 aliphatic rings. The smallest absolute Gasteiger partial charge is 0.326 e. The molecule has 5 heteroatoms. The fourth-order valence-electron chi connectivity index (χ4n) is 2.20. The molecule has 0 radical (unpaired) electrons. The van der Waals surface area contributed by atoms with Gasteiger partial charge in [0.05, 0.1) is 6.42 Å². The number of carbonyl (C=O) groups excluding carboxylic acids is 1. The molecule has 1 aromatic rings. The minimum atomic E-state index is -0.914. The topological polar surface area (TPSA) is 70.5 Å². The Morgan fingerprint density at radius 3 is 2.89 bits per heavy atom. The molecule has 2 heterocycles. The summed E-state index contributed by atoms with van der Waals surface area (Å²) in [4.78, 5) is 28.6. The van der Waals surface area contributed by atoms with E-state index in [1.807, 2.05) is 19.1 Å². The van der Waals surface area contributed by atoms with Crippen molar-refractivity contribution in [2.24, 2.45) is 0 Å². The Hall–Kier alpha value is -1.91. The van der Waals surface area contributed by atoms with Gasteiger partial charge < -0.3 is 10.0 Å². The van der Waals surface area contributed by atoms with Crippen LogP contribution in [0.5, 0.6) is 0 Å². The number of amides is 1. The van der Waals surface area contributed by atoms with Gasteiger partial charge in [0, 0.05) is 18.4 Å². The Bertz CT molecular complexity index is 456. The van der Waals surface area contributed by atoms with Crippen molar-refractivity contribution in [3.63, 3.8) is 0 Å². The molecule has 1 saturated heterocycles. The van der Waals surface area contributed by atoms with Gasteiger partial charge in [-0.3, -0.25) is 9.78 Å². The molecule has 1 N–H and O–H groups in total. The molecular formula is C13H16N2O3. The van der Waals surface area contributed by atoms with Gasteiger partial charge in [0.15, 0.2) is 0 Å². The number of carbonyl (C=O) groups is 2. The molecule has 0 bridgehead atoms. The van der Waals surface area contributed by atoms with Crippen LogP contribution in [-0.4, -0.2) is 39.5 Å². The monoisotopic (exact) mass is 248 g/mol. The molecule has 0 unspecified atom stereocenters. The van der Waals surface area contributed by atoms with Gasteiger partial charge in [0.1, 0.15) is 6.04 Å². The first-order valence-corrected chi connectivity index (χ1v) is 6.02. The van der Waals surface area contributed by atoms with Gasteiger partial charge in [0.2, 0.25) is 5.91 Å². The number of aryl methyl sites for hydroxylation is 1. The van der Waals surface area contributed by atoms with E-state index in [1.165, 1.54) is 4.90 Å². The van der Waals surface area contributed by atoms with Crippen LogP contribution in [0.4, 0.5) is 0 Å². The van der Waals surface area contributed by atoms with Crippen LogP contribution in [-0.2, 0) is 16.0 Å². The van der Waals surface area contributed by atoms with Gasteiger partial charge in [0.25, 0.3) is 0 Å². The van der Waals surface area contributed by atoms with Gasteiger partial charge in [-0.15, -0.1) is 0 Å². The number of nitrogens with zero attached hydrogens (tertiary/aromatic N) is 2. The summed E-state index contributed by atoms with van der Waals surface area (Å²) in [5.41, 5.74) is 1.72. The lowest BCUT2D eigenvalue weighted by Crippen LogP contribution is -2.41. The number of carboxylic acids is 1. The Morgan fingerprint density at radius 2 is 2.28 bits per heavy atom. The molecular weight excluding hydrogens is 232 g/mol. The normalized spacial score (nSPS) is 18.9. The van der Waals surface area contributed by atoms with Crippen LogP contribution in [0.1, 0.15) is 24.1 Å². The van der Waals surface area contributed by atoms with Crippen molar-refractivity contribution in [2.45, 2.75) is 32.2 Å². The average molecular weight is 248 g/mol. The van der Waals surface area contributed by atoms with Crippen molar-refractivity contribution in [3.8, 4) is 0 Å². The number of carboxylic acid groups (broad SMARTS) is 1. The van der Waals surface area contributed by atoms with E-state index in [1.54, 1.807) is 6.20 Å². The number of hydrogen-bond donors (Lipinski definition) is 1. The first-order valence-electron chi connectivity index (χ1n) is 6.02. The van der Waals surface area contributed by atoms with Crippen LogP contribution < -0.4 is 0 Å². The van der Waals surface area contributed by atoms with E-state index in [0.717, 1.165) is 17.7 Å². The number of pyridine rings is 1. The summed E-state index contributed by atoms with van der Waals surface area (Å²) in [6.45, 7) is 2.42. The molecule has 2 rings (SSSR count). The fraction of sp³-hybridized carbons (Fsp3) is 0.462. The Balaban J connectivity index is 2.03. The molecule has 18 heavy (non-hydrogen) atoms. The van der Waals surface area contributed by atoms with E-state index >= 15 is 0 Å². The van der Waals surface area contributed by atoms with E-state index in [4.69, 9.17) is 5.11 Å². The molecule has 1 aliphatic heterocycles. The summed E-state index contributed by atoms with van der Waals surface area (Å²) in [5, 5.41) is 9.03. The van der Waals surface area contributed by atoms with Gasteiger partial charge in [-0.2, -0.15) is 0 Å². The number of aliphatic carboxylic acids is 1. The Morgan fingerprint density at radius 1 is 1.50 bits per heavy atom. The van der Waals surface area contributed by atoms with Crippen LogP contribution in [0, 0.1) is 6.92 Å². The van der Waals surface area contributed by atoms with Crippen LogP contribution >= 0.6 is 0 Å². The second-order valence-corrected chi connectivity index (χ2v) is 4.57. The molecule has 0 spiro atoms. The second kappa shape index (κ2) is 5.16. The van der Waals surface area contributed by atoms with Crippen LogP contribution in [0.3, 0.4) is 0 Å². The molecule has 5 nitrogen and oxygen atoms in total. The summed E-state index contributed by atoms with van der Waals surface area (Å²) in [7, 11) is 0. The first kappa shape index (κ1) is 12.5. The maximum Gasteiger partial charge on any atom is 0.326 e. The maximum absolute atomic E-state index is 12.0. The Labute approximate surface area is 105 Å². The van der Waals surface area contributed by atoms with E-state index in [-0.39, 0.29) is 12.3 Å². The molecule has 1 aromatic heterocycles. The quantitative estimate of drug-likeness (QED) is 0.866. The van der Waals surface area contributed by atoms with Crippen molar-refractivity contribution in [1.29, 1.82) is 0 Å². The zero-order chi connectivity index (χ0) is 13.1.